The van der Waals surface area contributed by atoms with Gasteiger partial charge in [-0.3, -0.25) is 0 Å². The normalized spacial score (nSPS) is 30.5. The third kappa shape index (κ3) is 3.70. The maximum atomic E-state index is 12.6. The third-order valence-corrected chi connectivity index (χ3v) is 6.97. The van der Waals surface area contributed by atoms with Crippen LogP contribution in [-0.4, -0.2) is 43.6 Å². The largest absolute Gasteiger partial charge is 0.313 e. The van der Waals surface area contributed by atoms with E-state index in [1.54, 1.807) is 11.4 Å². The number of hydrogen-bond donors (Lipinski definition) is 1. The molecule has 112 valence electrons. The molecule has 0 aliphatic heterocycles. The van der Waals surface area contributed by atoms with Crippen LogP contribution < -0.4 is 5.32 Å². The summed E-state index contributed by atoms with van der Waals surface area (Å²) in [5.74, 6) is 0.483. The van der Waals surface area contributed by atoms with Crippen molar-refractivity contribution in [2.24, 2.45) is 5.92 Å². The zero-order valence-corrected chi connectivity index (χ0v) is 13.2. The third-order valence-electron chi connectivity index (χ3n) is 4.71. The fourth-order valence-corrected chi connectivity index (χ4v) is 4.60. The Morgan fingerprint density at radius 2 is 1.84 bits per heavy atom. The van der Waals surface area contributed by atoms with E-state index in [1.807, 2.05) is 6.92 Å². The van der Waals surface area contributed by atoms with Crippen molar-refractivity contribution in [2.75, 3.05) is 13.6 Å². The molecule has 0 radical (unpaired) electrons. The van der Waals surface area contributed by atoms with E-state index in [9.17, 15) is 8.42 Å². The first-order chi connectivity index (χ1) is 8.93. The van der Waals surface area contributed by atoms with Crippen molar-refractivity contribution in [1.29, 1.82) is 0 Å². The molecule has 2 aliphatic carbocycles. The molecule has 3 unspecified atom stereocenters. The molecular weight excluding hydrogens is 260 g/mol. The van der Waals surface area contributed by atoms with Gasteiger partial charge < -0.3 is 5.32 Å². The van der Waals surface area contributed by atoms with Gasteiger partial charge in [0.05, 0.1) is 5.25 Å². The maximum absolute atomic E-state index is 12.6. The van der Waals surface area contributed by atoms with Crippen LogP contribution in [0.15, 0.2) is 0 Å². The molecular formula is C14H28N2O2S. The molecule has 2 saturated carbocycles. The summed E-state index contributed by atoms with van der Waals surface area (Å²) in [6, 6.07) is 0.763. The quantitative estimate of drug-likeness (QED) is 0.813. The highest BCUT2D eigenvalue weighted by Gasteiger charge is 2.35. The fraction of sp³-hybridized carbons (Fsp3) is 1.00. The molecule has 2 rings (SSSR count). The first kappa shape index (κ1) is 15.3. The van der Waals surface area contributed by atoms with Crippen molar-refractivity contribution in [2.45, 2.75) is 69.7 Å². The monoisotopic (exact) mass is 288 g/mol. The molecule has 0 aromatic heterocycles. The zero-order valence-electron chi connectivity index (χ0n) is 12.4. The number of rotatable bonds is 6. The Bertz CT molecular complexity index is 392. The van der Waals surface area contributed by atoms with Gasteiger partial charge in [-0.1, -0.05) is 19.8 Å². The highest BCUT2D eigenvalue weighted by molar-refractivity contribution is 7.89. The van der Waals surface area contributed by atoms with Crippen molar-refractivity contribution >= 4 is 10.0 Å². The fourth-order valence-electron chi connectivity index (χ4n) is 3.03. The van der Waals surface area contributed by atoms with E-state index in [1.165, 1.54) is 19.3 Å². The Morgan fingerprint density at radius 1 is 1.21 bits per heavy atom. The second-order valence-corrected chi connectivity index (χ2v) is 8.79. The van der Waals surface area contributed by atoms with E-state index < -0.39 is 10.0 Å². The average molecular weight is 288 g/mol. The van der Waals surface area contributed by atoms with E-state index in [2.05, 4.69) is 12.2 Å². The van der Waals surface area contributed by atoms with Crippen LogP contribution >= 0.6 is 0 Å². The molecule has 1 N–H and O–H groups in total. The van der Waals surface area contributed by atoms with Gasteiger partial charge in [-0.2, -0.15) is 0 Å². The highest BCUT2D eigenvalue weighted by Crippen LogP contribution is 2.29. The van der Waals surface area contributed by atoms with Gasteiger partial charge in [0.2, 0.25) is 10.0 Å². The number of hydrogen-bond acceptors (Lipinski definition) is 3. The topological polar surface area (TPSA) is 49.4 Å². The van der Waals surface area contributed by atoms with E-state index in [0.29, 0.717) is 18.5 Å². The van der Waals surface area contributed by atoms with Gasteiger partial charge in [0.15, 0.2) is 0 Å². The highest BCUT2D eigenvalue weighted by atomic mass is 32.2. The Balaban J connectivity index is 1.95. The average Bonchev–Trinajstić information content (AvgIpc) is 3.19. The molecule has 0 amide bonds. The first-order valence-corrected chi connectivity index (χ1v) is 9.13. The first-order valence-electron chi connectivity index (χ1n) is 7.63. The second-order valence-electron chi connectivity index (χ2n) is 6.38. The summed E-state index contributed by atoms with van der Waals surface area (Å²) in [5.41, 5.74) is 0. The van der Waals surface area contributed by atoms with Crippen LogP contribution in [0.2, 0.25) is 0 Å². The molecule has 2 fully saturated rings. The van der Waals surface area contributed by atoms with Crippen LogP contribution in [0.5, 0.6) is 0 Å². The Hall–Kier alpha value is -0.130. The second kappa shape index (κ2) is 6.10. The predicted molar refractivity (Wildman–Crippen MR) is 78.6 cm³/mol. The van der Waals surface area contributed by atoms with E-state index in [0.717, 1.165) is 19.3 Å². The molecule has 0 bridgehead atoms. The van der Waals surface area contributed by atoms with Gasteiger partial charge in [0.1, 0.15) is 0 Å². The van der Waals surface area contributed by atoms with Gasteiger partial charge in [0.25, 0.3) is 0 Å². The Kier molecular flexibility index (Phi) is 4.90. The van der Waals surface area contributed by atoms with Crippen molar-refractivity contribution in [3.63, 3.8) is 0 Å². The van der Waals surface area contributed by atoms with Crippen LogP contribution in [0.1, 0.15) is 52.4 Å². The van der Waals surface area contributed by atoms with Gasteiger partial charge in [-0.25, -0.2) is 12.7 Å². The lowest BCUT2D eigenvalue weighted by Gasteiger charge is -2.36. The standard InChI is InChI=1S/C14H28N2O2S/c1-11-6-4-5-7-14(11)16(3)19(17,18)12(2)10-15-13-8-9-13/h11-15H,4-10H2,1-3H3. The van der Waals surface area contributed by atoms with Crippen molar-refractivity contribution in [3.8, 4) is 0 Å². The van der Waals surface area contributed by atoms with Gasteiger partial charge in [-0.15, -0.1) is 0 Å². The van der Waals surface area contributed by atoms with Crippen molar-refractivity contribution in [1.82, 2.24) is 9.62 Å². The SMILES string of the molecule is CC1CCCCC1N(C)S(=O)(=O)C(C)CNC1CC1. The smallest absolute Gasteiger partial charge is 0.217 e. The molecule has 5 heteroatoms. The van der Waals surface area contributed by atoms with Crippen LogP contribution in [0.4, 0.5) is 0 Å². The van der Waals surface area contributed by atoms with Gasteiger partial charge in [0, 0.05) is 25.7 Å². The summed E-state index contributed by atoms with van der Waals surface area (Å²) in [6.45, 7) is 4.59. The van der Waals surface area contributed by atoms with Crippen molar-refractivity contribution < 1.29 is 8.42 Å². The van der Waals surface area contributed by atoms with Gasteiger partial charge >= 0.3 is 0 Å². The van der Waals surface area contributed by atoms with Gasteiger partial charge in [-0.05, 0) is 38.5 Å². The summed E-state index contributed by atoms with van der Waals surface area (Å²) in [7, 11) is -1.40. The lowest BCUT2D eigenvalue weighted by molar-refractivity contribution is 0.212. The summed E-state index contributed by atoms with van der Waals surface area (Å²) >= 11 is 0. The maximum Gasteiger partial charge on any atom is 0.217 e. The number of nitrogens with one attached hydrogen (secondary N) is 1. The molecule has 3 atom stereocenters. The summed E-state index contributed by atoms with van der Waals surface area (Å²) in [4.78, 5) is 0. The minimum atomic E-state index is -3.17. The summed E-state index contributed by atoms with van der Waals surface area (Å²) < 4.78 is 26.9. The minimum absolute atomic E-state index is 0.196. The Morgan fingerprint density at radius 3 is 2.42 bits per heavy atom. The van der Waals surface area contributed by atoms with Crippen LogP contribution in [-0.2, 0) is 10.0 Å². The van der Waals surface area contributed by atoms with Crippen LogP contribution in [0, 0.1) is 5.92 Å². The molecule has 19 heavy (non-hydrogen) atoms. The molecule has 0 saturated heterocycles. The zero-order chi connectivity index (χ0) is 14.0. The van der Waals surface area contributed by atoms with Crippen LogP contribution in [0.3, 0.4) is 0 Å². The number of sulfonamides is 1. The molecule has 0 spiro atoms. The predicted octanol–water partition coefficient (Wildman–Crippen LogP) is 1.97. The molecule has 0 aromatic carbocycles. The molecule has 4 nitrogen and oxygen atoms in total. The lowest BCUT2D eigenvalue weighted by Crippen LogP contribution is -2.48. The molecule has 0 heterocycles. The Labute approximate surface area is 118 Å². The van der Waals surface area contributed by atoms with Crippen LogP contribution in [0.25, 0.3) is 0 Å². The van der Waals surface area contributed by atoms with Crippen molar-refractivity contribution in [3.05, 3.63) is 0 Å². The summed E-state index contributed by atoms with van der Waals surface area (Å²) in [6.07, 6.45) is 6.96. The summed E-state index contributed by atoms with van der Waals surface area (Å²) in [5, 5.41) is 3.00. The van der Waals surface area contributed by atoms with E-state index >= 15 is 0 Å². The molecule has 2 aliphatic rings. The minimum Gasteiger partial charge on any atom is -0.313 e. The van der Waals surface area contributed by atoms with E-state index in [-0.39, 0.29) is 11.3 Å². The van der Waals surface area contributed by atoms with E-state index in [4.69, 9.17) is 0 Å². The lowest BCUT2D eigenvalue weighted by atomic mass is 9.86. The molecule has 0 aromatic rings. The number of nitrogens with zero attached hydrogens (tertiary/aromatic N) is 1.